The third-order valence-electron chi connectivity index (χ3n) is 4.87. The van der Waals surface area contributed by atoms with Crippen LogP contribution >= 0.6 is 35.6 Å². The molecule has 148 valence electrons. The van der Waals surface area contributed by atoms with E-state index in [0.717, 1.165) is 40.0 Å². The summed E-state index contributed by atoms with van der Waals surface area (Å²) >= 11 is 12.8. The lowest BCUT2D eigenvalue weighted by molar-refractivity contribution is -0.140. The minimum absolute atomic E-state index is 0.115. The van der Waals surface area contributed by atoms with E-state index in [1.54, 1.807) is 6.08 Å². The monoisotopic (exact) mass is 436 g/mol. The highest BCUT2D eigenvalue weighted by molar-refractivity contribution is 8.26. The maximum Gasteiger partial charge on any atom is 0.323 e. The summed E-state index contributed by atoms with van der Waals surface area (Å²) in [4.78, 5) is 27.2. The van der Waals surface area contributed by atoms with Gasteiger partial charge in [0.2, 0.25) is 0 Å². The minimum atomic E-state index is -1.10. The summed E-state index contributed by atoms with van der Waals surface area (Å²) in [6.07, 6.45) is 3.91. The van der Waals surface area contributed by atoms with Crippen molar-refractivity contribution in [2.75, 3.05) is 18.0 Å². The van der Waals surface area contributed by atoms with Gasteiger partial charge in [0, 0.05) is 22.8 Å². The number of rotatable bonds is 4. The van der Waals surface area contributed by atoms with Gasteiger partial charge in [-0.15, -0.1) is 0 Å². The number of carbonyl (C=O) groups is 2. The fourth-order valence-corrected chi connectivity index (χ4v) is 5.17. The molecule has 28 heavy (non-hydrogen) atoms. The summed E-state index contributed by atoms with van der Waals surface area (Å²) in [7, 11) is 0. The summed E-state index contributed by atoms with van der Waals surface area (Å²) in [6.45, 7) is 8.90. The van der Waals surface area contributed by atoms with E-state index in [2.05, 4.69) is 38.7 Å². The van der Waals surface area contributed by atoms with Gasteiger partial charge in [0.05, 0.1) is 10.4 Å². The van der Waals surface area contributed by atoms with Crippen LogP contribution in [0.1, 0.15) is 38.8 Å². The SMILES string of the molecule is CCN1c2cc(Cl)c(/C=C3\SC(=S)N(CC(=O)O)C3=O)cc2C(C)=CC1(C)C. The maximum absolute atomic E-state index is 12.5. The Kier molecular flexibility index (Phi) is 5.62. The average Bonchev–Trinajstić information content (AvgIpc) is 2.83. The van der Waals surface area contributed by atoms with Crippen molar-refractivity contribution in [1.29, 1.82) is 0 Å². The lowest BCUT2D eigenvalue weighted by atomic mass is 9.88. The Morgan fingerprint density at radius 1 is 1.39 bits per heavy atom. The first-order valence-corrected chi connectivity index (χ1v) is 10.4. The number of thiocarbonyl (C=S) groups is 1. The molecule has 0 saturated carbocycles. The molecule has 0 unspecified atom stereocenters. The summed E-state index contributed by atoms with van der Waals surface area (Å²) in [5.41, 5.74) is 3.87. The van der Waals surface area contributed by atoms with Crippen molar-refractivity contribution >= 4 is 69.1 Å². The third kappa shape index (κ3) is 3.71. The largest absolute Gasteiger partial charge is 0.480 e. The molecule has 2 aliphatic heterocycles. The number of anilines is 1. The first-order chi connectivity index (χ1) is 13.0. The standard InChI is InChI=1S/C20H21ClN2O3S2/c1-5-23-15-8-14(21)12(6-13(15)11(2)9-20(23,3)4)7-16-18(26)22(10-17(24)25)19(27)28-16/h6-9H,5,10H2,1-4H3,(H,24,25)/b16-7-. The van der Waals surface area contributed by atoms with Crippen molar-refractivity contribution in [1.82, 2.24) is 4.90 Å². The van der Waals surface area contributed by atoms with E-state index in [1.165, 1.54) is 0 Å². The number of aliphatic carboxylic acids is 1. The number of amides is 1. The van der Waals surface area contributed by atoms with Crippen LogP contribution in [0.25, 0.3) is 11.6 Å². The van der Waals surface area contributed by atoms with Crippen LogP contribution in [0.4, 0.5) is 5.69 Å². The molecule has 5 nitrogen and oxygen atoms in total. The van der Waals surface area contributed by atoms with Gasteiger partial charge < -0.3 is 10.0 Å². The molecule has 2 aliphatic rings. The van der Waals surface area contributed by atoms with E-state index in [0.29, 0.717) is 15.5 Å². The van der Waals surface area contributed by atoms with Gasteiger partial charge in [-0.1, -0.05) is 41.7 Å². The minimum Gasteiger partial charge on any atom is -0.480 e. The molecule has 1 amide bonds. The number of hydrogen-bond donors (Lipinski definition) is 1. The van der Waals surface area contributed by atoms with Crippen molar-refractivity contribution in [2.45, 2.75) is 33.2 Å². The predicted octanol–water partition coefficient (Wildman–Crippen LogP) is 4.65. The summed E-state index contributed by atoms with van der Waals surface area (Å²) in [5, 5.41) is 9.50. The van der Waals surface area contributed by atoms with Gasteiger partial charge >= 0.3 is 5.97 Å². The van der Waals surface area contributed by atoms with E-state index in [4.69, 9.17) is 28.9 Å². The normalized spacial score (nSPS) is 19.9. The molecule has 0 aromatic heterocycles. The zero-order chi connectivity index (χ0) is 20.8. The molecule has 0 aliphatic carbocycles. The fraction of sp³-hybridized carbons (Fsp3) is 0.350. The Morgan fingerprint density at radius 3 is 2.68 bits per heavy atom. The van der Waals surface area contributed by atoms with Crippen molar-refractivity contribution in [2.24, 2.45) is 0 Å². The highest BCUT2D eigenvalue weighted by Crippen LogP contribution is 2.42. The van der Waals surface area contributed by atoms with Crippen LogP contribution in [0.15, 0.2) is 23.1 Å². The van der Waals surface area contributed by atoms with Crippen LogP contribution in [0.5, 0.6) is 0 Å². The molecule has 1 saturated heterocycles. The number of carboxylic acid groups (broad SMARTS) is 1. The number of thioether (sulfide) groups is 1. The number of carbonyl (C=O) groups excluding carboxylic acids is 1. The van der Waals surface area contributed by atoms with Crippen molar-refractivity contribution in [3.8, 4) is 0 Å². The number of allylic oxidation sites excluding steroid dienone is 1. The quantitative estimate of drug-likeness (QED) is 0.547. The number of nitrogens with zero attached hydrogens (tertiary/aromatic N) is 2. The highest BCUT2D eigenvalue weighted by atomic mass is 35.5. The topological polar surface area (TPSA) is 60.9 Å². The van der Waals surface area contributed by atoms with Gasteiger partial charge in [-0.3, -0.25) is 14.5 Å². The van der Waals surface area contributed by atoms with Crippen molar-refractivity contribution in [3.63, 3.8) is 0 Å². The van der Waals surface area contributed by atoms with E-state index in [-0.39, 0.29) is 9.86 Å². The summed E-state index contributed by atoms with van der Waals surface area (Å²) < 4.78 is 0.239. The van der Waals surface area contributed by atoms with E-state index >= 15 is 0 Å². The number of halogens is 1. The second-order valence-electron chi connectivity index (χ2n) is 7.28. The summed E-state index contributed by atoms with van der Waals surface area (Å²) in [6, 6.07) is 3.91. The molecule has 0 atom stereocenters. The molecule has 8 heteroatoms. The van der Waals surface area contributed by atoms with E-state index < -0.39 is 18.4 Å². The van der Waals surface area contributed by atoms with Crippen LogP contribution in [0, 0.1) is 0 Å². The van der Waals surface area contributed by atoms with Crippen molar-refractivity contribution in [3.05, 3.63) is 39.3 Å². The molecular weight excluding hydrogens is 416 g/mol. The van der Waals surface area contributed by atoms with Crippen LogP contribution in [-0.4, -0.2) is 44.8 Å². The second-order valence-corrected chi connectivity index (χ2v) is 9.36. The molecule has 1 fully saturated rings. The van der Waals surface area contributed by atoms with Crippen LogP contribution < -0.4 is 4.90 Å². The molecule has 2 heterocycles. The predicted molar refractivity (Wildman–Crippen MR) is 120 cm³/mol. The Bertz CT molecular complexity index is 953. The second kappa shape index (κ2) is 7.54. The number of carboxylic acids is 1. The molecule has 0 bridgehead atoms. The Hall–Kier alpha value is -1.83. The lowest BCUT2D eigenvalue weighted by Crippen LogP contribution is -2.44. The number of likely N-dealkylation sites (N-methyl/N-ethyl adjacent to an activating group) is 1. The average molecular weight is 437 g/mol. The van der Waals surface area contributed by atoms with E-state index in [9.17, 15) is 9.59 Å². The molecule has 1 N–H and O–H groups in total. The van der Waals surface area contributed by atoms with Gasteiger partial charge in [0.25, 0.3) is 5.91 Å². The molecule has 1 aromatic rings. The van der Waals surface area contributed by atoms with Gasteiger partial charge in [-0.2, -0.15) is 0 Å². The zero-order valence-corrected chi connectivity index (χ0v) is 18.5. The van der Waals surface area contributed by atoms with Crippen LogP contribution in [-0.2, 0) is 9.59 Å². The highest BCUT2D eigenvalue weighted by Gasteiger charge is 2.34. The zero-order valence-electron chi connectivity index (χ0n) is 16.1. The smallest absolute Gasteiger partial charge is 0.323 e. The molecule has 0 radical (unpaired) electrons. The number of fused-ring (bicyclic) bond motifs is 1. The van der Waals surface area contributed by atoms with Gasteiger partial charge in [-0.25, -0.2) is 0 Å². The number of benzene rings is 1. The third-order valence-corrected chi connectivity index (χ3v) is 6.57. The first kappa shape index (κ1) is 20.9. The molecular formula is C20H21ClN2O3S2. The Labute approximate surface area is 179 Å². The lowest BCUT2D eigenvalue weighted by Gasteiger charge is -2.43. The Balaban J connectivity index is 2.03. The van der Waals surface area contributed by atoms with E-state index in [1.807, 2.05) is 12.1 Å². The molecule has 3 rings (SSSR count). The summed E-state index contributed by atoms with van der Waals surface area (Å²) in [5.74, 6) is -1.51. The van der Waals surface area contributed by atoms with Gasteiger partial charge in [-0.05, 0) is 57.0 Å². The van der Waals surface area contributed by atoms with Crippen LogP contribution in [0.2, 0.25) is 5.02 Å². The van der Waals surface area contributed by atoms with Gasteiger partial charge in [0.15, 0.2) is 0 Å². The van der Waals surface area contributed by atoms with Crippen LogP contribution in [0.3, 0.4) is 0 Å². The molecule has 0 spiro atoms. The Morgan fingerprint density at radius 2 is 2.07 bits per heavy atom. The molecule has 1 aromatic carbocycles. The first-order valence-electron chi connectivity index (χ1n) is 8.83. The van der Waals surface area contributed by atoms with Crippen molar-refractivity contribution < 1.29 is 14.7 Å². The maximum atomic E-state index is 12.5. The van der Waals surface area contributed by atoms with Gasteiger partial charge in [0.1, 0.15) is 10.9 Å². The fourth-order valence-electron chi connectivity index (χ4n) is 3.72. The number of hydrogen-bond acceptors (Lipinski definition) is 5.